The van der Waals surface area contributed by atoms with Crippen LogP contribution in [0.2, 0.25) is 0 Å². The standard InChI is InChI=1S/C26H36N2O3S/c1-7-8-21(15-19(2)3)32(29,30)22-9-10-24-23(16-22)27-25(17-26(4,5)6)28(24)18-20-11-13-31-14-12-20/h7-10,15-16,20H,2,11-14,17-18H2,1,3-6H3/b8-7-,21-15+. The lowest BCUT2D eigenvalue weighted by Crippen LogP contribution is -2.22. The average Bonchev–Trinajstić information content (AvgIpc) is 3.02. The van der Waals surface area contributed by atoms with Crippen LogP contribution in [0.3, 0.4) is 0 Å². The number of aromatic nitrogens is 2. The van der Waals surface area contributed by atoms with Crippen molar-refractivity contribution in [2.75, 3.05) is 13.2 Å². The summed E-state index contributed by atoms with van der Waals surface area (Å²) in [7, 11) is -3.67. The molecule has 0 bridgehead atoms. The van der Waals surface area contributed by atoms with Gasteiger partial charge in [-0.1, -0.05) is 39.0 Å². The summed E-state index contributed by atoms with van der Waals surface area (Å²) in [4.78, 5) is 5.41. The minimum absolute atomic E-state index is 0.0764. The molecular formula is C26H36N2O3S. The molecule has 0 saturated carbocycles. The second-order valence-electron chi connectivity index (χ2n) is 9.98. The highest BCUT2D eigenvalue weighted by Crippen LogP contribution is 2.30. The number of hydrogen-bond donors (Lipinski definition) is 0. The zero-order chi connectivity index (χ0) is 23.5. The van der Waals surface area contributed by atoms with E-state index in [0.29, 0.717) is 11.5 Å². The Morgan fingerprint density at radius 2 is 1.97 bits per heavy atom. The second-order valence-corrected chi connectivity index (χ2v) is 11.9. The average molecular weight is 457 g/mol. The molecule has 32 heavy (non-hydrogen) atoms. The quantitative estimate of drug-likeness (QED) is 0.490. The van der Waals surface area contributed by atoms with E-state index in [9.17, 15) is 8.42 Å². The van der Waals surface area contributed by atoms with Crippen molar-refractivity contribution in [3.63, 3.8) is 0 Å². The van der Waals surface area contributed by atoms with E-state index in [1.165, 1.54) is 0 Å². The minimum Gasteiger partial charge on any atom is -0.381 e. The Morgan fingerprint density at radius 3 is 2.56 bits per heavy atom. The SMILES string of the molecule is C=C(C)/C=C(\C=C/C)S(=O)(=O)c1ccc2c(c1)nc(CC(C)(C)C)n2CC1CCOCC1. The summed E-state index contributed by atoms with van der Waals surface area (Å²) in [6.07, 6.45) is 7.86. The number of ether oxygens (including phenoxy) is 1. The highest BCUT2D eigenvalue weighted by Gasteiger charge is 2.24. The molecule has 0 aliphatic carbocycles. The highest BCUT2D eigenvalue weighted by atomic mass is 32.2. The van der Waals surface area contributed by atoms with Crippen LogP contribution in [0, 0.1) is 11.3 Å². The molecule has 1 aliphatic rings. The van der Waals surface area contributed by atoms with Gasteiger partial charge in [0.2, 0.25) is 9.84 Å². The smallest absolute Gasteiger partial charge is 0.206 e. The van der Waals surface area contributed by atoms with E-state index in [2.05, 4.69) is 31.9 Å². The zero-order valence-electron chi connectivity index (χ0n) is 20.0. The number of sulfone groups is 1. The first-order valence-electron chi connectivity index (χ1n) is 11.3. The van der Waals surface area contributed by atoms with Crippen LogP contribution in [0.25, 0.3) is 11.0 Å². The van der Waals surface area contributed by atoms with Gasteiger partial charge in [0.1, 0.15) is 5.82 Å². The molecule has 3 rings (SSSR count). The summed E-state index contributed by atoms with van der Waals surface area (Å²) in [5, 5.41) is 0. The first kappa shape index (κ1) is 24.5. The van der Waals surface area contributed by atoms with Crippen LogP contribution < -0.4 is 0 Å². The molecule has 0 radical (unpaired) electrons. The number of imidazole rings is 1. The van der Waals surface area contributed by atoms with Crippen LogP contribution >= 0.6 is 0 Å². The summed E-state index contributed by atoms with van der Waals surface area (Å²) >= 11 is 0. The molecule has 0 N–H and O–H groups in total. The van der Waals surface area contributed by atoms with Crippen LogP contribution in [0.15, 0.2) is 58.4 Å². The van der Waals surface area contributed by atoms with Crippen molar-refractivity contribution >= 4 is 20.9 Å². The van der Waals surface area contributed by atoms with Gasteiger partial charge in [0.25, 0.3) is 0 Å². The van der Waals surface area contributed by atoms with E-state index in [1.54, 1.807) is 37.3 Å². The van der Waals surface area contributed by atoms with Gasteiger partial charge in [-0.15, -0.1) is 0 Å². The largest absolute Gasteiger partial charge is 0.381 e. The van der Waals surface area contributed by atoms with Crippen molar-refractivity contribution in [3.05, 3.63) is 59.3 Å². The third-order valence-electron chi connectivity index (χ3n) is 5.61. The van der Waals surface area contributed by atoms with Gasteiger partial charge in [-0.05, 0) is 68.4 Å². The van der Waals surface area contributed by atoms with Gasteiger partial charge >= 0.3 is 0 Å². The Balaban J connectivity index is 2.09. The molecule has 0 amide bonds. The lowest BCUT2D eigenvalue weighted by Gasteiger charge is -2.25. The summed E-state index contributed by atoms with van der Waals surface area (Å²) in [6.45, 7) is 16.5. The molecule has 1 saturated heterocycles. The molecule has 0 spiro atoms. The summed E-state index contributed by atoms with van der Waals surface area (Å²) < 4.78 is 34.5. The molecular weight excluding hydrogens is 420 g/mol. The van der Waals surface area contributed by atoms with E-state index >= 15 is 0 Å². The van der Waals surface area contributed by atoms with Gasteiger partial charge in [-0.25, -0.2) is 13.4 Å². The lowest BCUT2D eigenvalue weighted by molar-refractivity contribution is 0.0612. The fourth-order valence-corrected chi connectivity index (χ4v) is 5.54. The molecule has 6 heteroatoms. The normalized spacial score (nSPS) is 16.8. The third kappa shape index (κ3) is 5.78. The number of rotatable bonds is 7. The van der Waals surface area contributed by atoms with Crippen LogP contribution in [0.5, 0.6) is 0 Å². The molecule has 5 nitrogen and oxygen atoms in total. The van der Waals surface area contributed by atoms with Crippen LogP contribution in [0.4, 0.5) is 0 Å². The number of allylic oxidation sites excluding steroid dienone is 4. The van der Waals surface area contributed by atoms with Crippen molar-refractivity contribution in [2.45, 2.75) is 65.3 Å². The predicted molar refractivity (Wildman–Crippen MR) is 131 cm³/mol. The summed E-state index contributed by atoms with van der Waals surface area (Å²) in [5.41, 5.74) is 2.49. The van der Waals surface area contributed by atoms with Crippen LogP contribution in [0.1, 0.15) is 53.3 Å². The van der Waals surface area contributed by atoms with E-state index in [4.69, 9.17) is 9.72 Å². The van der Waals surface area contributed by atoms with Crippen LogP contribution in [-0.4, -0.2) is 31.2 Å². The van der Waals surface area contributed by atoms with Crippen molar-refractivity contribution < 1.29 is 13.2 Å². The van der Waals surface area contributed by atoms with E-state index in [0.717, 1.165) is 55.9 Å². The minimum atomic E-state index is -3.67. The van der Waals surface area contributed by atoms with Gasteiger partial charge in [-0.2, -0.15) is 0 Å². The van der Waals surface area contributed by atoms with Crippen molar-refractivity contribution in [3.8, 4) is 0 Å². The van der Waals surface area contributed by atoms with Gasteiger partial charge in [0.05, 0.1) is 20.8 Å². The number of benzene rings is 1. The summed E-state index contributed by atoms with van der Waals surface area (Å²) in [5.74, 6) is 1.56. The van der Waals surface area contributed by atoms with E-state index < -0.39 is 9.84 Å². The highest BCUT2D eigenvalue weighted by molar-refractivity contribution is 7.95. The first-order chi connectivity index (χ1) is 15.0. The Labute approximate surface area is 192 Å². The van der Waals surface area contributed by atoms with E-state index in [-0.39, 0.29) is 15.2 Å². The number of fused-ring (bicyclic) bond motifs is 1. The van der Waals surface area contributed by atoms with Crippen molar-refractivity contribution in [1.82, 2.24) is 9.55 Å². The van der Waals surface area contributed by atoms with E-state index in [1.807, 2.05) is 13.0 Å². The Morgan fingerprint density at radius 1 is 1.28 bits per heavy atom. The van der Waals surface area contributed by atoms with Gasteiger partial charge in [-0.3, -0.25) is 0 Å². The van der Waals surface area contributed by atoms with Crippen molar-refractivity contribution in [1.29, 1.82) is 0 Å². The van der Waals surface area contributed by atoms with Crippen LogP contribution in [-0.2, 0) is 27.5 Å². The fraction of sp³-hybridized carbons (Fsp3) is 0.500. The van der Waals surface area contributed by atoms with Gasteiger partial charge < -0.3 is 9.30 Å². The molecule has 1 fully saturated rings. The summed E-state index contributed by atoms with van der Waals surface area (Å²) in [6, 6.07) is 5.33. The molecule has 1 aliphatic heterocycles. The van der Waals surface area contributed by atoms with Gasteiger partial charge in [0, 0.05) is 26.2 Å². The Bertz CT molecular complexity index is 1140. The Hall–Kier alpha value is -2.18. The topological polar surface area (TPSA) is 61.2 Å². The molecule has 1 aromatic carbocycles. The molecule has 0 unspecified atom stereocenters. The molecule has 174 valence electrons. The maximum atomic E-state index is 13.3. The molecule has 2 aromatic rings. The molecule has 0 atom stereocenters. The maximum Gasteiger partial charge on any atom is 0.206 e. The first-order valence-corrected chi connectivity index (χ1v) is 12.8. The zero-order valence-corrected chi connectivity index (χ0v) is 20.8. The monoisotopic (exact) mass is 456 g/mol. The predicted octanol–water partition coefficient (Wildman–Crippen LogP) is 5.86. The van der Waals surface area contributed by atoms with Crippen molar-refractivity contribution in [2.24, 2.45) is 11.3 Å². The fourth-order valence-electron chi connectivity index (χ4n) is 4.09. The molecule has 1 aromatic heterocycles. The third-order valence-corrected chi connectivity index (χ3v) is 7.36. The number of hydrogen-bond acceptors (Lipinski definition) is 4. The molecule has 2 heterocycles. The second kappa shape index (κ2) is 9.75. The van der Waals surface area contributed by atoms with Gasteiger partial charge in [0.15, 0.2) is 0 Å². The maximum absolute atomic E-state index is 13.3. The lowest BCUT2D eigenvalue weighted by atomic mass is 9.91. The number of nitrogens with zero attached hydrogens (tertiary/aromatic N) is 2. The Kier molecular flexibility index (Phi) is 7.46.